The van der Waals surface area contributed by atoms with Gasteiger partial charge in [0.25, 0.3) is 10.0 Å². The predicted octanol–water partition coefficient (Wildman–Crippen LogP) is 4.94. The third kappa shape index (κ3) is 7.93. The van der Waals surface area contributed by atoms with Gasteiger partial charge in [-0.05, 0) is 61.6 Å². The van der Waals surface area contributed by atoms with Crippen molar-refractivity contribution in [3.63, 3.8) is 0 Å². The van der Waals surface area contributed by atoms with Gasteiger partial charge < -0.3 is 10.2 Å². The Hall–Kier alpha value is -3.65. The molecule has 0 bridgehead atoms. The Labute approximate surface area is 232 Å². The first-order chi connectivity index (χ1) is 18.5. The number of hydrogen-bond acceptors (Lipinski definition) is 4. The van der Waals surface area contributed by atoms with Crippen LogP contribution in [0.4, 0.5) is 5.69 Å². The zero-order chi connectivity index (χ0) is 28.6. The van der Waals surface area contributed by atoms with Crippen molar-refractivity contribution < 1.29 is 18.0 Å². The van der Waals surface area contributed by atoms with E-state index < -0.39 is 28.5 Å². The molecule has 0 aliphatic rings. The smallest absolute Gasteiger partial charge is 0.264 e. The second-order valence-electron chi connectivity index (χ2n) is 10.2. The number of sulfonamides is 1. The largest absolute Gasteiger partial charge is 0.354 e. The number of nitrogens with one attached hydrogen (secondary N) is 1. The fourth-order valence-electron chi connectivity index (χ4n) is 4.19. The van der Waals surface area contributed by atoms with Crippen molar-refractivity contribution in [2.45, 2.75) is 58.5 Å². The van der Waals surface area contributed by atoms with Crippen LogP contribution in [0.15, 0.2) is 83.8 Å². The van der Waals surface area contributed by atoms with E-state index in [0.717, 1.165) is 27.4 Å². The zero-order valence-corrected chi connectivity index (χ0v) is 24.2. The minimum absolute atomic E-state index is 0.0883. The van der Waals surface area contributed by atoms with Gasteiger partial charge in [-0.1, -0.05) is 80.9 Å². The highest BCUT2D eigenvalue weighted by molar-refractivity contribution is 7.92. The lowest BCUT2D eigenvalue weighted by Crippen LogP contribution is -2.51. The van der Waals surface area contributed by atoms with E-state index in [1.165, 1.54) is 17.0 Å². The third-order valence-electron chi connectivity index (χ3n) is 6.53. The summed E-state index contributed by atoms with van der Waals surface area (Å²) in [5.41, 5.74) is 3.33. The Morgan fingerprint density at radius 2 is 1.54 bits per heavy atom. The number of rotatable bonds is 12. The van der Waals surface area contributed by atoms with Crippen LogP contribution in [0.2, 0.25) is 0 Å². The van der Waals surface area contributed by atoms with Crippen molar-refractivity contribution in [1.29, 1.82) is 0 Å². The van der Waals surface area contributed by atoms with Gasteiger partial charge >= 0.3 is 0 Å². The van der Waals surface area contributed by atoms with Crippen molar-refractivity contribution in [1.82, 2.24) is 10.2 Å². The van der Waals surface area contributed by atoms with Crippen LogP contribution in [0.1, 0.15) is 44.4 Å². The summed E-state index contributed by atoms with van der Waals surface area (Å²) < 4.78 is 28.7. The summed E-state index contributed by atoms with van der Waals surface area (Å²) in [4.78, 5) is 28.5. The average molecular weight is 550 g/mol. The highest BCUT2D eigenvalue weighted by Gasteiger charge is 2.32. The number of carbonyl (C=O) groups is 2. The van der Waals surface area contributed by atoms with Crippen LogP contribution in [-0.4, -0.2) is 44.3 Å². The molecule has 3 aromatic carbocycles. The number of carbonyl (C=O) groups excluding carboxylic acids is 2. The molecular formula is C31H39N3O4S. The van der Waals surface area contributed by atoms with Gasteiger partial charge in [-0.2, -0.15) is 0 Å². The van der Waals surface area contributed by atoms with Crippen molar-refractivity contribution in [2.24, 2.45) is 5.92 Å². The maximum Gasteiger partial charge on any atom is 0.264 e. The summed E-state index contributed by atoms with van der Waals surface area (Å²) in [6.45, 7) is 9.85. The number of anilines is 1. The topological polar surface area (TPSA) is 86.8 Å². The van der Waals surface area contributed by atoms with Gasteiger partial charge in [0.1, 0.15) is 12.6 Å². The maximum atomic E-state index is 13.9. The van der Waals surface area contributed by atoms with Gasteiger partial charge in [0, 0.05) is 13.1 Å². The van der Waals surface area contributed by atoms with Crippen LogP contribution in [-0.2, 0) is 32.6 Å². The van der Waals surface area contributed by atoms with E-state index in [2.05, 4.69) is 5.32 Å². The molecule has 0 saturated heterocycles. The summed E-state index contributed by atoms with van der Waals surface area (Å²) in [7, 11) is -4.06. The monoisotopic (exact) mass is 549 g/mol. The van der Waals surface area contributed by atoms with Crippen LogP contribution >= 0.6 is 0 Å². The van der Waals surface area contributed by atoms with Crippen molar-refractivity contribution in [3.05, 3.63) is 95.6 Å². The second kappa shape index (κ2) is 13.4. The average Bonchev–Trinajstić information content (AvgIpc) is 2.93. The van der Waals surface area contributed by atoms with Crippen molar-refractivity contribution in [3.8, 4) is 0 Å². The van der Waals surface area contributed by atoms with Gasteiger partial charge in [-0.15, -0.1) is 0 Å². The molecule has 208 valence electrons. The molecule has 0 radical (unpaired) electrons. The summed E-state index contributed by atoms with van der Waals surface area (Å²) >= 11 is 0. The molecule has 7 nitrogen and oxygen atoms in total. The highest BCUT2D eigenvalue weighted by atomic mass is 32.2. The minimum atomic E-state index is -4.06. The molecule has 0 heterocycles. The molecule has 0 fully saturated rings. The summed E-state index contributed by atoms with van der Waals surface area (Å²) in [5, 5.41) is 2.90. The standard InChI is InChI=1S/C31H39N3O4S/c1-6-26-15-17-28(18-16-26)34(39(37,38)29-13-8-7-9-14-29)22-30(35)33(21-27-12-10-11-24(4)19-27)25(5)31(36)32-20-23(2)3/h7-19,23,25H,6,20-22H2,1-5H3,(H,32,36)/t25-/m0/s1. The maximum absolute atomic E-state index is 13.9. The Kier molecular flexibility index (Phi) is 10.3. The highest BCUT2D eigenvalue weighted by Crippen LogP contribution is 2.25. The summed E-state index contributed by atoms with van der Waals surface area (Å²) in [6, 6.07) is 22.1. The second-order valence-corrected chi connectivity index (χ2v) is 12.0. The van der Waals surface area contributed by atoms with Crippen LogP contribution in [0.5, 0.6) is 0 Å². The fourth-order valence-corrected chi connectivity index (χ4v) is 5.62. The van der Waals surface area contributed by atoms with Crippen molar-refractivity contribution >= 4 is 27.5 Å². The Balaban J connectivity index is 2.00. The van der Waals surface area contributed by atoms with E-state index in [4.69, 9.17) is 0 Å². The molecule has 0 aromatic heterocycles. The van der Waals surface area contributed by atoms with E-state index in [-0.39, 0.29) is 23.3 Å². The molecule has 1 N–H and O–H groups in total. The predicted molar refractivity (Wildman–Crippen MR) is 156 cm³/mol. The van der Waals surface area contributed by atoms with Crippen LogP contribution in [0.3, 0.4) is 0 Å². The molecule has 0 aliphatic heterocycles. The lowest BCUT2D eigenvalue weighted by Gasteiger charge is -2.32. The number of aryl methyl sites for hydroxylation is 2. The van der Waals surface area contributed by atoms with E-state index in [1.54, 1.807) is 37.3 Å². The third-order valence-corrected chi connectivity index (χ3v) is 8.32. The molecule has 2 amide bonds. The van der Waals surface area contributed by atoms with Crippen LogP contribution in [0.25, 0.3) is 0 Å². The molecule has 0 unspecified atom stereocenters. The number of amides is 2. The Morgan fingerprint density at radius 1 is 0.872 bits per heavy atom. The first kappa shape index (κ1) is 29.9. The summed E-state index contributed by atoms with van der Waals surface area (Å²) in [5.74, 6) is -0.503. The number of benzene rings is 3. The molecule has 1 atom stereocenters. The molecule has 0 spiro atoms. The number of hydrogen-bond donors (Lipinski definition) is 1. The van der Waals surface area contributed by atoms with Crippen LogP contribution < -0.4 is 9.62 Å². The number of nitrogens with zero attached hydrogens (tertiary/aromatic N) is 2. The molecule has 8 heteroatoms. The molecule has 3 aromatic rings. The molecule has 0 aliphatic carbocycles. The fraction of sp³-hybridized carbons (Fsp3) is 0.355. The SMILES string of the molecule is CCc1ccc(N(CC(=O)N(Cc2cccc(C)c2)[C@@H](C)C(=O)NCC(C)C)S(=O)(=O)c2ccccc2)cc1. The normalized spacial score (nSPS) is 12.2. The Bertz CT molecular complexity index is 1360. The first-order valence-corrected chi connectivity index (χ1v) is 14.8. The van der Waals surface area contributed by atoms with Gasteiger partial charge in [0.15, 0.2) is 0 Å². The molecule has 3 rings (SSSR count). The molecular weight excluding hydrogens is 510 g/mol. The van der Waals surface area contributed by atoms with E-state index in [1.807, 2.05) is 64.1 Å². The molecule has 0 saturated carbocycles. The van der Waals surface area contributed by atoms with Gasteiger partial charge in [0.05, 0.1) is 10.6 Å². The molecule has 39 heavy (non-hydrogen) atoms. The van der Waals surface area contributed by atoms with Crippen molar-refractivity contribution in [2.75, 3.05) is 17.4 Å². The van der Waals surface area contributed by atoms with E-state index in [9.17, 15) is 18.0 Å². The lowest BCUT2D eigenvalue weighted by atomic mass is 10.1. The lowest BCUT2D eigenvalue weighted by molar-refractivity contribution is -0.139. The summed E-state index contributed by atoms with van der Waals surface area (Å²) in [6.07, 6.45) is 0.803. The Morgan fingerprint density at radius 3 is 2.13 bits per heavy atom. The van der Waals surface area contributed by atoms with Crippen LogP contribution in [0, 0.1) is 12.8 Å². The van der Waals surface area contributed by atoms with Gasteiger partial charge in [-0.25, -0.2) is 8.42 Å². The van der Waals surface area contributed by atoms with E-state index >= 15 is 0 Å². The minimum Gasteiger partial charge on any atom is -0.354 e. The van der Waals surface area contributed by atoms with E-state index in [0.29, 0.717) is 12.2 Å². The zero-order valence-electron chi connectivity index (χ0n) is 23.4. The van der Waals surface area contributed by atoms with Gasteiger partial charge in [0.2, 0.25) is 11.8 Å². The quantitative estimate of drug-likeness (QED) is 0.347. The first-order valence-electron chi connectivity index (χ1n) is 13.3. The van der Waals surface area contributed by atoms with Gasteiger partial charge in [-0.3, -0.25) is 13.9 Å².